The van der Waals surface area contributed by atoms with Gasteiger partial charge >= 0.3 is 6.18 Å². The van der Waals surface area contributed by atoms with E-state index in [0.29, 0.717) is 0 Å². The van der Waals surface area contributed by atoms with Crippen LogP contribution < -0.4 is 15.2 Å². The molecule has 4 N–H and O–H groups in total. The van der Waals surface area contributed by atoms with Gasteiger partial charge in [-0.25, -0.2) is 0 Å². The molecule has 1 aromatic rings. The first-order chi connectivity index (χ1) is 8.26. The molecule has 0 aliphatic rings. The van der Waals surface area contributed by atoms with Crippen molar-refractivity contribution in [2.75, 3.05) is 17.8 Å². The van der Waals surface area contributed by atoms with E-state index in [-0.39, 0.29) is 13.1 Å². The maximum absolute atomic E-state index is 12.6. The summed E-state index contributed by atoms with van der Waals surface area (Å²) in [5.74, 6) is 0. The van der Waals surface area contributed by atoms with Crippen LogP contribution in [-0.2, 0) is 16.4 Å². The van der Waals surface area contributed by atoms with E-state index >= 15 is 0 Å². The second-order valence-electron chi connectivity index (χ2n) is 3.33. The number of hydrogen-bond donors (Lipinski definition) is 3. The van der Waals surface area contributed by atoms with Gasteiger partial charge in [-0.05, 0) is 12.1 Å². The third-order valence-electron chi connectivity index (χ3n) is 1.91. The number of hydrogen-bond acceptors (Lipinski definition) is 3. The Bertz CT molecular complexity index is 502. The summed E-state index contributed by atoms with van der Waals surface area (Å²) < 4.78 is 64.4. The summed E-state index contributed by atoms with van der Waals surface area (Å²) in [7, 11) is -4.06. The lowest BCUT2D eigenvalue weighted by Gasteiger charge is -2.14. The first-order valence-corrected chi connectivity index (χ1v) is 6.38. The Morgan fingerprint density at radius 2 is 1.83 bits per heavy atom. The molecule has 0 unspecified atom stereocenters. The van der Waals surface area contributed by atoms with Crippen molar-refractivity contribution >= 4 is 15.9 Å². The molecule has 0 atom stereocenters. The quantitative estimate of drug-likeness (QED) is 0.751. The summed E-state index contributed by atoms with van der Waals surface area (Å²) in [5.41, 5.74) is 3.51. The summed E-state index contributed by atoms with van der Waals surface area (Å²) in [5, 5.41) is 0. The topological polar surface area (TPSA) is 84.2 Å². The highest BCUT2D eigenvalue weighted by atomic mass is 32.2. The number of nitrogens with two attached hydrogens (primary N) is 1. The second kappa shape index (κ2) is 5.55. The Morgan fingerprint density at radius 1 is 1.22 bits per heavy atom. The van der Waals surface area contributed by atoms with E-state index in [1.165, 1.54) is 12.1 Å². The first kappa shape index (κ1) is 14.7. The average Bonchev–Trinajstić information content (AvgIpc) is 2.25. The highest BCUT2D eigenvalue weighted by Crippen LogP contribution is 2.34. The maximum atomic E-state index is 12.6. The van der Waals surface area contributed by atoms with Crippen LogP contribution in [0.2, 0.25) is 0 Å². The number of benzene rings is 1. The minimum Gasteiger partial charge on any atom is -0.329 e. The van der Waals surface area contributed by atoms with E-state index in [2.05, 4.69) is 0 Å². The Kier molecular flexibility index (Phi) is 4.54. The number of rotatable bonds is 5. The van der Waals surface area contributed by atoms with Gasteiger partial charge in [0.2, 0.25) is 0 Å². The van der Waals surface area contributed by atoms with Crippen LogP contribution >= 0.6 is 0 Å². The predicted molar refractivity (Wildman–Crippen MR) is 61.0 cm³/mol. The van der Waals surface area contributed by atoms with Crippen molar-refractivity contribution in [2.24, 2.45) is 5.73 Å². The number of nitrogens with one attached hydrogen (secondary N) is 2. The second-order valence-corrected chi connectivity index (χ2v) is 4.83. The Hall–Kier alpha value is -1.32. The van der Waals surface area contributed by atoms with Crippen molar-refractivity contribution in [3.63, 3.8) is 0 Å². The van der Waals surface area contributed by atoms with Gasteiger partial charge in [0.25, 0.3) is 10.2 Å². The number of para-hydroxylation sites is 1. The minimum atomic E-state index is -4.63. The van der Waals surface area contributed by atoms with Crippen molar-refractivity contribution in [1.29, 1.82) is 0 Å². The summed E-state index contributed by atoms with van der Waals surface area (Å²) in [6.45, 7) is -0.0225. The van der Waals surface area contributed by atoms with E-state index < -0.39 is 27.6 Å². The summed E-state index contributed by atoms with van der Waals surface area (Å²) in [4.78, 5) is 0. The molecule has 0 aliphatic heterocycles. The monoisotopic (exact) mass is 283 g/mol. The highest BCUT2D eigenvalue weighted by molar-refractivity contribution is 7.90. The van der Waals surface area contributed by atoms with Crippen LogP contribution in [0.15, 0.2) is 24.3 Å². The normalized spacial score (nSPS) is 12.4. The van der Waals surface area contributed by atoms with Crippen molar-refractivity contribution < 1.29 is 21.6 Å². The molecule has 9 heteroatoms. The van der Waals surface area contributed by atoms with Crippen LogP contribution in [0.25, 0.3) is 0 Å². The molecule has 1 rings (SSSR count). The molecule has 0 aliphatic carbocycles. The van der Waals surface area contributed by atoms with Gasteiger partial charge < -0.3 is 5.73 Å². The van der Waals surface area contributed by atoms with Crippen molar-refractivity contribution in [2.45, 2.75) is 6.18 Å². The molecular weight excluding hydrogens is 271 g/mol. The van der Waals surface area contributed by atoms with Gasteiger partial charge in [-0.1, -0.05) is 12.1 Å². The van der Waals surface area contributed by atoms with E-state index in [0.717, 1.165) is 12.1 Å². The molecule has 0 aromatic heterocycles. The van der Waals surface area contributed by atoms with Gasteiger partial charge in [0.05, 0.1) is 11.3 Å². The van der Waals surface area contributed by atoms with Crippen LogP contribution in [0.5, 0.6) is 0 Å². The van der Waals surface area contributed by atoms with Crippen molar-refractivity contribution in [3.8, 4) is 0 Å². The molecule has 0 spiro atoms. The Morgan fingerprint density at radius 3 is 2.39 bits per heavy atom. The summed E-state index contributed by atoms with van der Waals surface area (Å²) >= 11 is 0. The van der Waals surface area contributed by atoms with Crippen LogP contribution in [0.4, 0.5) is 18.9 Å². The fourth-order valence-corrected chi connectivity index (χ4v) is 2.12. The minimum absolute atomic E-state index is 0.0435. The molecule has 0 amide bonds. The summed E-state index contributed by atoms with van der Waals surface area (Å²) in [6, 6.07) is 4.30. The molecule has 0 heterocycles. The molecule has 0 bridgehead atoms. The Labute approximate surface area is 102 Å². The fourth-order valence-electron chi connectivity index (χ4n) is 1.19. The zero-order valence-corrected chi connectivity index (χ0v) is 9.98. The van der Waals surface area contributed by atoms with Gasteiger partial charge in [-0.3, -0.25) is 4.72 Å². The van der Waals surface area contributed by atoms with Crippen LogP contribution in [0.3, 0.4) is 0 Å². The number of alkyl halides is 3. The highest BCUT2D eigenvalue weighted by Gasteiger charge is 2.34. The number of anilines is 1. The van der Waals surface area contributed by atoms with Crippen LogP contribution in [0.1, 0.15) is 5.56 Å². The molecule has 1 aromatic carbocycles. The van der Waals surface area contributed by atoms with E-state index in [4.69, 9.17) is 5.73 Å². The zero-order valence-electron chi connectivity index (χ0n) is 9.16. The molecule has 0 saturated carbocycles. The molecule has 0 radical (unpaired) electrons. The third-order valence-corrected chi connectivity index (χ3v) is 2.99. The lowest BCUT2D eigenvalue weighted by molar-refractivity contribution is -0.136. The fraction of sp³-hybridized carbons (Fsp3) is 0.333. The molecule has 0 saturated heterocycles. The van der Waals surface area contributed by atoms with Gasteiger partial charge in [0.1, 0.15) is 0 Å². The summed E-state index contributed by atoms with van der Waals surface area (Å²) in [6.07, 6.45) is -4.63. The van der Waals surface area contributed by atoms with E-state index in [9.17, 15) is 21.6 Å². The standard InChI is InChI=1S/C9H12F3N3O2S/c10-9(11,12)7-3-1-2-4-8(7)15-18(16,17)14-6-5-13/h1-4,14-15H,5-6,13H2. The van der Waals surface area contributed by atoms with Gasteiger partial charge in [-0.2, -0.15) is 26.3 Å². The lowest BCUT2D eigenvalue weighted by atomic mass is 10.2. The molecule has 102 valence electrons. The van der Waals surface area contributed by atoms with Gasteiger partial charge in [0, 0.05) is 13.1 Å². The van der Waals surface area contributed by atoms with Crippen molar-refractivity contribution in [3.05, 3.63) is 29.8 Å². The van der Waals surface area contributed by atoms with Crippen molar-refractivity contribution in [1.82, 2.24) is 4.72 Å². The maximum Gasteiger partial charge on any atom is 0.418 e. The lowest BCUT2D eigenvalue weighted by Crippen LogP contribution is -2.34. The molecule has 0 fully saturated rings. The molecule has 18 heavy (non-hydrogen) atoms. The van der Waals surface area contributed by atoms with Crippen LogP contribution in [-0.4, -0.2) is 21.5 Å². The van der Waals surface area contributed by atoms with E-state index in [1.54, 1.807) is 0 Å². The molecular formula is C9H12F3N3O2S. The van der Waals surface area contributed by atoms with Gasteiger partial charge in [0.15, 0.2) is 0 Å². The Balaban J connectivity index is 2.98. The predicted octanol–water partition coefficient (Wildman–Crippen LogP) is 0.910. The number of halogens is 3. The SMILES string of the molecule is NCCNS(=O)(=O)Nc1ccccc1C(F)(F)F. The zero-order chi connectivity index (χ0) is 13.8. The molecule has 5 nitrogen and oxygen atoms in total. The van der Waals surface area contributed by atoms with E-state index in [1.807, 2.05) is 9.44 Å². The smallest absolute Gasteiger partial charge is 0.329 e. The van der Waals surface area contributed by atoms with Gasteiger partial charge in [-0.15, -0.1) is 0 Å². The third kappa shape index (κ3) is 4.17. The first-order valence-electron chi connectivity index (χ1n) is 4.90. The average molecular weight is 283 g/mol. The largest absolute Gasteiger partial charge is 0.418 e. The van der Waals surface area contributed by atoms with Crippen LogP contribution in [0, 0.1) is 0 Å².